The summed E-state index contributed by atoms with van der Waals surface area (Å²) in [4.78, 5) is 23.7. The first-order valence-electron chi connectivity index (χ1n) is 12.6. The minimum Gasteiger partial charge on any atom is -0.497 e. The predicted octanol–water partition coefficient (Wildman–Crippen LogP) is 7.09. The molecule has 0 saturated carbocycles. The van der Waals surface area contributed by atoms with E-state index in [0.717, 1.165) is 22.1 Å². The number of rotatable bonds is 9. The highest BCUT2D eigenvalue weighted by Gasteiger charge is 2.18. The SMILES string of the molecule is COC(=O)CCNC(=O)c1ccc(Oc2cnn(-c3ccc(Cl)c(Cl)c3)c2-c2ccc3cc(OC)ccc3c2)cc1. The maximum atomic E-state index is 12.4. The maximum absolute atomic E-state index is 12.4. The van der Waals surface area contributed by atoms with Crippen molar-refractivity contribution < 1.29 is 23.8 Å². The van der Waals surface area contributed by atoms with E-state index in [2.05, 4.69) is 21.2 Å². The van der Waals surface area contributed by atoms with Crippen LogP contribution < -0.4 is 14.8 Å². The van der Waals surface area contributed by atoms with E-state index in [0.29, 0.717) is 38.5 Å². The number of nitrogens with one attached hydrogen (secondary N) is 1. The number of ether oxygens (including phenoxy) is 3. The first-order chi connectivity index (χ1) is 19.9. The highest BCUT2D eigenvalue weighted by molar-refractivity contribution is 6.42. The van der Waals surface area contributed by atoms with Crippen LogP contribution in [0.4, 0.5) is 0 Å². The summed E-state index contributed by atoms with van der Waals surface area (Å²) in [5.41, 5.74) is 2.70. The third-order valence-electron chi connectivity index (χ3n) is 6.39. The molecule has 0 aliphatic heterocycles. The molecule has 0 unspecified atom stereocenters. The molecular weight excluding hydrogens is 565 g/mol. The first-order valence-corrected chi connectivity index (χ1v) is 13.4. The lowest BCUT2D eigenvalue weighted by Gasteiger charge is -2.13. The highest BCUT2D eigenvalue weighted by atomic mass is 35.5. The Morgan fingerprint density at radius 2 is 1.59 bits per heavy atom. The van der Waals surface area contributed by atoms with Gasteiger partial charge in [-0.25, -0.2) is 4.68 Å². The number of benzene rings is 4. The van der Waals surface area contributed by atoms with Gasteiger partial charge >= 0.3 is 5.97 Å². The fraction of sp³-hybridized carbons (Fsp3) is 0.129. The largest absolute Gasteiger partial charge is 0.497 e. The zero-order valence-electron chi connectivity index (χ0n) is 22.2. The third-order valence-corrected chi connectivity index (χ3v) is 7.13. The zero-order valence-corrected chi connectivity index (χ0v) is 23.7. The van der Waals surface area contributed by atoms with E-state index in [1.807, 2.05) is 36.4 Å². The highest BCUT2D eigenvalue weighted by Crippen LogP contribution is 2.38. The molecule has 0 spiro atoms. The number of aromatic nitrogens is 2. The van der Waals surface area contributed by atoms with Gasteiger partial charge in [0.25, 0.3) is 5.91 Å². The van der Waals surface area contributed by atoms with Crippen molar-refractivity contribution in [2.24, 2.45) is 0 Å². The van der Waals surface area contributed by atoms with Gasteiger partial charge in [0, 0.05) is 17.7 Å². The molecule has 5 rings (SSSR count). The monoisotopic (exact) mass is 589 g/mol. The van der Waals surface area contributed by atoms with E-state index >= 15 is 0 Å². The van der Waals surface area contributed by atoms with Gasteiger partial charge in [-0.15, -0.1) is 0 Å². The van der Waals surface area contributed by atoms with Crippen LogP contribution in [0, 0.1) is 0 Å². The minimum absolute atomic E-state index is 0.0946. The molecule has 8 nitrogen and oxygen atoms in total. The Morgan fingerprint density at radius 1 is 0.854 bits per heavy atom. The predicted molar refractivity (Wildman–Crippen MR) is 159 cm³/mol. The number of hydrogen-bond acceptors (Lipinski definition) is 6. The van der Waals surface area contributed by atoms with E-state index < -0.39 is 5.97 Å². The van der Waals surface area contributed by atoms with Gasteiger partial charge in [0.1, 0.15) is 17.2 Å². The molecule has 10 heteroatoms. The van der Waals surface area contributed by atoms with Crippen molar-refractivity contribution in [3.05, 3.63) is 101 Å². The molecule has 0 radical (unpaired) electrons. The first kappa shape index (κ1) is 28.0. The smallest absolute Gasteiger partial charge is 0.307 e. The van der Waals surface area contributed by atoms with Gasteiger partial charge in [-0.1, -0.05) is 41.4 Å². The van der Waals surface area contributed by atoms with E-state index in [9.17, 15) is 9.59 Å². The summed E-state index contributed by atoms with van der Waals surface area (Å²) in [6.07, 6.45) is 1.72. The second-order valence-electron chi connectivity index (χ2n) is 9.00. The summed E-state index contributed by atoms with van der Waals surface area (Å²) < 4.78 is 18.0. The van der Waals surface area contributed by atoms with Gasteiger partial charge in [-0.3, -0.25) is 9.59 Å². The summed E-state index contributed by atoms with van der Waals surface area (Å²) in [7, 11) is 2.94. The zero-order chi connectivity index (χ0) is 28.9. The molecule has 1 aromatic heterocycles. The van der Waals surface area contributed by atoms with Crippen molar-refractivity contribution in [1.82, 2.24) is 15.1 Å². The number of carbonyl (C=O) groups excluding carboxylic acids is 2. The molecule has 0 fully saturated rings. The Morgan fingerprint density at radius 3 is 2.32 bits per heavy atom. The fourth-order valence-corrected chi connectivity index (χ4v) is 4.56. The van der Waals surface area contributed by atoms with Crippen LogP contribution in [0.25, 0.3) is 27.7 Å². The summed E-state index contributed by atoms with van der Waals surface area (Å²) in [5.74, 6) is 1.09. The normalized spacial score (nSPS) is 10.8. The van der Waals surface area contributed by atoms with Crippen LogP contribution in [0.15, 0.2) is 85.1 Å². The number of fused-ring (bicyclic) bond motifs is 1. The number of carbonyl (C=O) groups is 2. The molecule has 5 aromatic rings. The van der Waals surface area contributed by atoms with Crippen molar-refractivity contribution in [1.29, 1.82) is 0 Å². The standard InChI is InChI=1S/C31H25Cl2N3O5/c1-39-25-11-7-20-15-22(4-3-21(20)16-25)30-28(18-35-36(30)23-8-12-26(32)27(33)17-23)41-24-9-5-19(6-10-24)31(38)34-14-13-29(37)40-2/h3-12,15-18H,13-14H2,1-2H3,(H,34,38). The average molecular weight is 590 g/mol. The van der Waals surface area contributed by atoms with Crippen molar-refractivity contribution in [2.75, 3.05) is 20.8 Å². The Bertz CT molecular complexity index is 1730. The molecule has 0 aliphatic rings. The second-order valence-corrected chi connectivity index (χ2v) is 9.82. The van der Waals surface area contributed by atoms with Crippen LogP contribution in [0.5, 0.6) is 17.2 Å². The maximum Gasteiger partial charge on any atom is 0.307 e. The van der Waals surface area contributed by atoms with Crippen LogP contribution in [0.3, 0.4) is 0 Å². The third kappa shape index (κ3) is 6.29. The summed E-state index contributed by atoms with van der Waals surface area (Å²) >= 11 is 12.5. The Hall–Kier alpha value is -4.53. The van der Waals surface area contributed by atoms with E-state index in [4.69, 9.17) is 32.7 Å². The lowest BCUT2D eigenvalue weighted by Crippen LogP contribution is -2.26. The number of methoxy groups -OCH3 is 2. The van der Waals surface area contributed by atoms with E-state index in [-0.39, 0.29) is 18.9 Å². The molecule has 0 atom stereocenters. The average Bonchev–Trinajstić information content (AvgIpc) is 3.41. The lowest BCUT2D eigenvalue weighted by molar-refractivity contribution is -0.140. The van der Waals surface area contributed by atoms with Crippen molar-refractivity contribution in [2.45, 2.75) is 6.42 Å². The summed E-state index contributed by atoms with van der Waals surface area (Å²) in [5, 5.41) is 10.2. The number of halogens is 2. The molecule has 0 saturated heterocycles. The van der Waals surface area contributed by atoms with Gasteiger partial charge in [-0.05, 0) is 71.4 Å². The number of nitrogens with zero attached hydrogens (tertiary/aromatic N) is 2. The number of hydrogen-bond donors (Lipinski definition) is 1. The van der Waals surface area contributed by atoms with Gasteiger partial charge < -0.3 is 19.5 Å². The molecule has 0 bridgehead atoms. The minimum atomic E-state index is -0.391. The van der Waals surface area contributed by atoms with Crippen molar-refractivity contribution >= 4 is 45.9 Å². The molecule has 4 aromatic carbocycles. The van der Waals surface area contributed by atoms with Crippen LogP contribution in [0.1, 0.15) is 16.8 Å². The van der Waals surface area contributed by atoms with Gasteiger partial charge in [0.15, 0.2) is 5.75 Å². The molecule has 208 valence electrons. The molecule has 1 amide bonds. The van der Waals surface area contributed by atoms with E-state index in [1.54, 1.807) is 54.4 Å². The molecule has 41 heavy (non-hydrogen) atoms. The van der Waals surface area contributed by atoms with Crippen LogP contribution >= 0.6 is 23.2 Å². The van der Waals surface area contributed by atoms with E-state index in [1.165, 1.54) is 7.11 Å². The Balaban J connectivity index is 1.47. The summed E-state index contributed by atoms with van der Waals surface area (Å²) in [6, 6.07) is 23.9. The van der Waals surface area contributed by atoms with Crippen LogP contribution in [0.2, 0.25) is 10.0 Å². The molecule has 1 heterocycles. The molecule has 0 aliphatic carbocycles. The van der Waals surface area contributed by atoms with Gasteiger partial charge in [0.2, 0.25) is 0 Å². The Kier molecular flexibility index (Phi) is 8.42. The van der Waals surface area contributed by atoms with Gasteiger partial charge in [-0.2, -0.15) is 5.10 Å². The topological polar surface area (TPSA) is 91.7 Å². The lowest BCUT2D eigenvalue weighted by atomic mass is 10.0. The molecule has 1 N–H and O–H groups in total. The fourth-order valence-electron chi connectivity index (χ4n) is 4.27. The van der Waals surface area contributed by atoms with Crippen LogP contribution in [-0.4, -0.2) is 42.4 Å². The summed E-state index contributed by atoms with van der Waals surface area (Å²) in [6.45, 7) is 0.180. The number of esters is 1. The van der Waals surface area contributed by atoms with Gasteiger partial charge in [0.05, 0.1) is 42.6 Å². The Labute approximate surface area is 246 Å². The second kappa shape index (κ2) is 12.3. The van der Waals surface area contributed by atoms with Crippen LogP contribution in [-0.2, 0) is 9.53 Å². The molecular formula is C31H25Cl2N3O5. The van der Waals surface area contributed by atoms with Crippen molar-refractivity contribution in [3.8, 4) is 34.2 Å². The number of amides is 1. The van der Waals surface area contributed by atoms with Crippen molar-refractivity contribution in [3.63, 3.8) is 0 Å². The quantitative estimate of drug-likeness (QED) is 0.184.